The number of para-hydroxylation sites is 1. The van der Waals surface area contributed by atoms with Gasteiger partial charge in [0.15, 0.2) is 0 Å². The number of ether oxygens (including phenoxy) is 2. The summed E-state index contributed by atoms with van der Waals surface area (Å²) < 4.78 is 13.1. The molecule has 7 heteroatoms. The van der Waals surface area contributed by atoms with E-state index < -0.39 is 11.9 Å². The number of anilines is 1. The molecule has 2 N–H and O–H groups in total. The Balaban J connectivity index is 1.70. The van der Waals surface area contributed by atoms with Crippen molar-refractivity contribution in [2.24, 2.45) is 5.41 Å². The molecule has 1 fully saturated rings. The van der Waals surface area contributed by atoms with Gasteiger partial charge in [-0.15, -0.1) is 0 Å². The van der Waals surface area contributed by atoms with E-state index in [0.717, 1.165) is 55.8 Å². The lowest BCUT2D eigenvalue weighted by molar-refractivity contribution is 0.0307. The third kappa shape index (κ3) is 5.86. The maximum absolute atomic E-state index is 13.3. The standard InChI is InChI=1S/C29H35ClN2O4/c1-29(2,3)16-8-9-17-35-28(34)25-22(31)15-14-21(30)26(25)32-23-13-7-4-10-19(23)18-24(32)27(33)36-20-11-5-6-12-20/h4,7,10,13-15,18,20H,5-6,8-9,11-12,16-17,31H2,1-3H3. The number of hydrogen-bond acceptors (Lipinski definition) is 5. The predicted molar refractivity (Wildman–Crippen MR) is 144 cm³/mol. The fraction of sp³-hybridized carbons (Fsp3) is 0.448. The van der Waals surface area contributed by atoms with E-state index in [4.69, 9.17) is 26.8 Å². The average molecular weight is 511 g/mol. The van der Waals surface area contributed by atoms with Gasteiger partial charge in [-0.05, 0) is 74.6 Å². The zero-order chi connectivity index (χ0) is 25.9. The minimum atomic E-state index is -0.561. The third-order valence-electron chi connectivity index (χ3n) is 6.64. The second-order valence-electron chi connectivity index (χ2n) is 10.7. The van der Waals surface area contributed by atoms with Gasteiger partial charge in [0.25, 0.3) is 0 Å². The predicted octanol–water partition coefficient (Wildman–Crippen LogP) is 7.34. The number of aromatic nitrogens is 1. The summed E-state index contributed by atoms with van der Waals surface area (Å²) in [6.45, 7) is 6.85. The molecule has 1 heterocycles. The van der Waals surface area contributed by atoms with Crippen LogP contribution in [-0.4, -0.2) is 29.2 Å². The maximum atomic E-state index is 13.3. The number of benzene rings is 2. The Morgan fingerprint density at radius 2 is 1.78 bits per heavy atom. The van der Waals surface area contributed by atoms with Crippen molar-refractivity contribution in [1.82, 2.24) is 4.57 Å². The first kappa shape index (κ1) is 26.1. The van der Waals surface area contributed by atoms with E-state index in [0.29, 0.717) is 16.4 Å². The lowest BCUT2D eigenvalue weighted by Gasteiger charge is -2.19. The number of carbonyl (C=O) groups is 2. The highest BCUT2D eigenvalue weighted by molar-refractivity contribution is 6.33. The topological polar surface area (TPSA) is 83.5 Å². The van der Waals surface area contributed by atoms with Crippen molar-refractivity contribution >= 4 is 40.1 Å². The molecule has 192 valence electrons. The first-order valence-corrected chi connectivity index (χ1v) is 13.1. The average Bonchev–Trinajstić information content (AvgIpc) is 3.47. The number of nitrogens with two attached hydrogens (primary N) is 1. The summed E-state index contributed by atoms with van der Waals surface area (Å²) >= 11 is 6.68. The third-order valence-corrected chi connectivity index (χ3v) is 6.94. The van der Waals surface area contributed by atoms with E-state index in [2.05, 4.69) is 20.8 Å². The molecule has 0 amide bonds. The Morgan fingerprint density at radius 3 is 2.50 bits per heavy atom. The van der Waals surface area contributed by atoms with Crippen molar-refractivity contribution in [2.45, 2.75) is 71.8 Å². The first-order valence-electron chi connectivity index (χ1n) is 12.7. The number of fused-ring (bicyclic) bond motifs is 1. The summed E-state index contributed by atoms with van der Waals surface area (Å²) in [7, 11) is 0. The Bertz CT molecular complexity index is 1250. The molecule has 1 aromatic heterocycles. The summed E-state index contributed by atoms with van der Waals surface area (Å²) in [6, 6.07) is 12.5. The largest absolute Gasteiger partial charge is 0.462 e. The Hall–Kier alpha value is -2.99. The number of nitrogens with zero attached hydrogens (tertiary/aromatic N) is 1. The molecule has 3 aromatic rings. The SMILES string of the molecule is CC(C)(C)CCCCOC(=O)c1c(N)ccc(Cl)c1-n1c(C(=O)OC2CCCC2)cc2ccccc21. The molecule has 0 atom stereocenters. The van der Waals surface area contributed by atoms with Crippen LogP contribution in [0.3, 0.4) is 0 Å². The molecule has 1 aliphatic rings. The van der Waals surface area contributed by atoms with Gasteiger partial charge in [0.1, 0.15) is 17.4 Å². The minimum Gasteiger partial charge on any atom is -0.462 e. The van der Waals surface area contributed by atoms with Crippen LogP contribution in [0.25, 0.3) is 16.6 Å². The molecule has 1 aliphatic carbocycles. The van der Waals surface area contributed by atoms with Crippen LogP contribution in [0, 0.1) is 5.41 Å². The fourth-order valence-corrected chi connectivity index (χ4v) is 5.01. The van der Waals surface area contributed by atoms with Gasteiger partial charge in [-0.1, -0.05) is 50.6 Å². The van der Waals surface area contributed by atoms with Crippen LogP contribution in [-0.2, 0) is 9.47 Å². The van der Waals surface area contributed by atoms with Gasteiger partial charge in [-0.2, -0.15) is 0 Å². The van der Waals surface area contributed by atoms with E-state index in [-0.39, 0.29) is 29.4 Å². The zero-order valence-corrected chi connectivity index (χ0v) is 22.1. The molecule has 2 aromatic carbocycles. The van der Waals surface area contributed by atoms with Crippen molar-refractivity contribution in [3.8, 4) is 5.69 Å². The smallest absolute Gasteiger partial charge is 0.355 e. The summed E-state index contributed by atoms with van der Waals surface area (Å²) in [5.74, 6) is -1.01. The normalized spacial score (nSPS) is 14.3. The molecule has 0 aliphatic heterocycles. The molecule has 36 heavy (non-hydrogen) atoms. The Morgan fingerprint density at radius 1 is 1.06 bits per heavy atom. The molecular formula is C29H35ClN2O4. The summed E-state index contributed by atoms with van der Waals surface area (Å²) in [6.07, 6.45) is 6.46. The quantitative estimate of drug-likeness (QED) is 0.195. The lowest BCUT2D eigenvalue weighted by atomic mass is 9.90. The Labute approximate surface area is 217 Å². The highest BCUT2D eigenvalue weighted by Gasteiger charge is 2.28. The van der Waals surface area contributed by atoms with Crippen LogP contribution in [0.4, 0.5) is 5.69 Å². The van der Waals surface area contributed by atoms with Gasteiger partial charge < -0.3 is 19.8 Å². The van der Waals surface area contributed by atoms with Crippen molar-refractivity contribution < 1.29 is 19.1 Å². The molecule has 1 saturated carbocycles. The molecule has 6 nitrogen and oxygen atoms in total. The molecule has 0 spiro atoms. The number of esters is 2. The second-order valence-corrected chi connectivity index (χ2v) is 11.2. The molecule has 4 rings (SSSR count). The van der Waals surface area contributed by atoms with E-state index in [1.165, 1.54) is 0 Å². The maximum Gasteiger partial charge on any atom is 0.355 e. The van der Waals surface area contributed by atoms with E-state index >= 15 is 0 Å². The van der Waals surface area contributed by atoms with Crippen LogP contribution < -0.4 is 5.73 Å². The van der Waals surface area contributed by atoms with Crippen molar-refractivity contribution in [3.63, 3.8) is 0 Å². The van der Waals surface area contributed by atoms with E-state index in [9.17, 15) is 9.59 Å². The molecule has 0 unspecified atom stereocenters. The van der Waals surface area contributed by atoms with Gasteiger partial charge in [-0.3, -0.25) is 0 Å². The number of unbranched alkanes of at least 4 members (excludes halogenated alkanes) is 1. The Kier molecular flexibility index (Phi) is 7.94. The fourth-order valence-electron chi connectivity index (χ4n) is 4.77. The number of halogens is 1. The van der Waals surface area contributed by atoms with Crippen LogP contribution in [0.5, 0.6) is 0 Å². The number of hydrogen-bond donors (Lipinski definition) is 1. The molecule has 0 saturated heterocycles. The molecular weight excluding hydrogens is 476 g/mol. The van der Waals surface area contributed by atoms with Crippen molar-refractivity contribution in [1.29, 1.82) is 0 Å². The van der Waals surface area contributed by atoms with Gasteiger partial charge in [-0.25, -0.2) is 9.59 Å². The van der Waals surface area contributed by atoms with Gasteiger partial charge in [0.2, 0.25) is 0 Å². The number of nitrogen functional groups attached to an aromatic ring is 1. The number of rotatable bonds is 8. The zero-order valence-electron chi connectivity index (χ0n) is 21.3. The van der Waals surface area contributed by atoms with E-state index in [1.54, 1.807) is 22.8 Å². The van der Waals surface area contributed by atoms with Crippen LogP contribution in [0.2, 0.25) is 5.02 Å². The lowest BCUT2D eigenvalue weighted by Crippen LogP contribution is -2.20. The van der Waals surface area contributed by atoms with Gasteiger partial charge in [0, 0.05) is 11.1 Å². The highest BCUT2D eigenvalue weighted by Crippen LogP contribution is 2.35. The monoisotopic (exact) mass is 510 g/mol. The van der Waals surface area contributed by atoms with Crippen molar-refractivity contribution in [3.05, 3.63) is 58.7 Å². The first-order chi connectivity index (χ1) is 17.2. The second kappa shape index (κ2) is 11.0. The van der Waals surface area contributed by atoms with Crippen molar-refractivity contribution in [2.75, 3.05) is 12.3 Å². The highest BCUT2D eigenvalue weighted by atomic mass is 35.5. The van der Waals surface area contributed by atoms with E-state index in [1.807, 2.05) is 24.3 Å². The summed E-state index contributed by atoms with van der Waals surface area (Å²) in [5.41, 5.74) is 8.27. The van der Waals surface area contributed by atoms with Gasteiger partial charge >= 0.3 is 11.9 Å². The van der Waals surface area contributed by atoms with Crippen LogP contribution in [0.15, 0.2) is 42.5 Å². The number of carbonyl (C=O) groups excluding carboxylic acids is 2. The van der Waals surface area contributed by atoms with Crippen LogP contribution >= 0.6 is 11.6 Å². The molecule has 0 bridgehead atoms. The summed E-state index contributed by atoms with van der Waals surface area (Å²) in [5, 5.41) is 1.12. The van der Waals surface area contributed by atoms with Gasteiger partial charge in [0.05, 0.1) is 22.8 Å². The molecule has 0 radical (unpaired) electrons. The van der Waals surface area contributed by atoms with Crippen LogP contribution in [0.1, 0.15) is 86.6 Å². The minimum absolute atomic E-state index is 0.0992. The summed E-state index contributed by atoms with van der Waals surface area (Å²) in [4.78, 5) is 26.6.